The van der Waals surface area contributed by atoms with Gasteiger partial charge in [-0.25, -0.2) is 12.8 Å². The van der Waals surface area contributed by atoms with Crippen molar-refractivity contribution in [1.82, 2.24) is 0 Å². The Morgan fingerprint density at radius 1 is 1.13 bits per heavy atom. The Morgan fingerprint density at radius 2 is 1.87 bits per heavy atom. The average Bonchev–Trinajstić information content (AvgIpc) is 2.67. The zero-order valence-corrected chi connectivity index (χ0v) is 13.4. The van der Waals surface area contributed by atoms with Gasteiger partial charge < -0.3 is 0 Å². The molecule has 23 heavy (non-hydrogen) atoms. The Morgan fingerprint density at radius 3 is 2.61 bits per heavy atom. The summed E-state index contributed by atoms with van der Waals surface area (Å²) in [5.74, 6) is -0.874. The minimum Gasteiger partial charge on any atom is -0.294 e. The number of anilines is 1. The van der Waals surface area contributed by atoms with E-state index in [1.54, 1.807) is 37.3 Å². The molecule has 0 unspecified atom stereocenters. The summed E-state index contributed by atoms with van der Waals surface area (Å²) in [5.41, 5.74) is 1.32. The van der Waals surface area contributed by atoms with Gasteiger partial charge in [-0.05, 0) is 43.2 Å². The Labute approximate surface area is 134 Å². The van der Waals surface area contributed by atoms with E-state index in [9.17, 15) is 17.6 Å². The summed E-state index contributed by atoms with van der Waals surface area (Å²) >= 11 is 0. The van der Waals surface area contributed by atoms with Crippen molar-refractivity contribution in [2.45, 2.75) is 24.7 Å². The van der Waals surface area contributed by atoms with Crippen molar-refractivity contribution in [2.75, 3.05) is 10.8 Å². The van der Waals surface area contributed by atoms with E-state index >= 15 is 0 Å². The highest BCUT2D eigenvalue weighted by molar-refractivity contribution is 7.92. The fourth-order valence-electron chi connectivity index (χ4n) is 2.75. The van der Waals surface area contributed by atoms with Gasteiger partial charge in [-0.3, -0.25) is 9.10 Å². The summed E-state index contributed by atoms with van der Waals surface area (Å²) in [6.45, 7) is 1.85. The number of para-hydroxylation sites is 1. The molecular weight excluding hydrogens is 317 g/mol. The van der Waals surface area contributed by atoms with Gasteiger partial charge >= 0.3 is 0 Å². The number of hydrogen-bond donors (Lipinski definition) is 0. The van der Waals surface area contributed by atoms with Crippen molar-refractivity contribution in [1.29, 1.82) is 0 Å². The largest absolute Gasteiger partial charge is 0.294 e. The normalized spacial score (nSPS) is 15.2. The number of sulfonamides is 1. The lowest BCUT2D eigenvalue weighted by molar-refractivity contribution is 0.0984. The summed E-state index contributed by atoms with van der Waals surface area (Å²) in [7, 11) is -4.06. The van der Waals surface area contributed by atoms with Gasteiger partial charge in [-0.15, -0.1) is 0 Å². The number of nitrogens with zero attached hydrogens (tertiary/aromatic N) is 1. The van der Waals surface area contributed by atoms with Crippen LogP contribution in [0.25, 0.3) is 0 Å². The Kier molecular flexibility index (Phi) is 3.93. The molecule has 0 spiro atoms. The van der Waals surface area contributed by atoms with Crippen molar-refractivity contribution < 1.29 is 17.6 Å². The van der Waals surface area contributed by atoms with Crippen molar-refractivity contribution in [3.63, 3.8) is 0 Å². The van der Waals surface area contributed by atoms with E-state index in [2.05, 4.69) is 0 Å². The van der Waals surface area contributed by atoms with E-state index in [0.29, 0.717) is 23.2 Å². The van der Waals surface area contributed by atoms with Crippen molar-refractivity contribution in [3.8, 4) is 0 Å². The van der Waals surface area contributed by atoms with Gasteiger partial charge in [0.2, 0.25) is 0 Å². The second kappa shape index (κ2) is 5.77. The van der Waals surface area contributed by atoms with Crippen molar-refractivity contribution in [2.24, 2.45) is 0 Å². The average molecular weight is 333 g/mol. The standard InChI is InChI=1S/C17H16FNO3S/c1-12-8-9-17(14(18)11-12)23(21,22)19-10-4-7-16(20)13-5-2-3-6-15(13)19/h2-3,5-6,8-9,11H,4,7,10H2,1H3. The summed E-state index contributed by atoms with van der Waals surface area (Å²) < 4.78 is 41.2. The molecule has 0 saturated heterocycles. The number of rotatable bonds is 2. The fourth-order valence-corrected chi connectivity index (χ4v) is 4.32. The van der Waals surface area contributed by atoms with E-state index < -0.39 is 15.8 Å². The SMILES string of the molecule is Cc1ccc(S(=O)(=O)N2CCCC(=O)c3ccccc32)c(F)c1. The topological polar surface area (TPSA) is 54.5 Å². The smallest absolute Gasteiger partial charge is 0.267 e. The third-order valence-corrected chi connectivity index (χ3v) is 5.74. The van der Waals surface area contributed by atoms with Crippen LogP contribution in [0.15, 0.2) is 47.4 Å². The molecular formula is C17H16FNO3S. The first-order valence-electron chi connectivity index (χ1n) is 7.32. The number of fused-ring (bicyclic) bond motifs is 1. The monoisotopic (exact) mass is 333 g/mol. The molecule has 2 aromatic carbocycles. The zero-order chi connectivity index (χ0) is 16.6. The Hall–Kier alpha value is -2.21. The third kappa shape index (κ3) is 2.74. The van der Waals surface area contributed by atoms with Crippen LogP contribution in [0, 0.1) is 12.7 Å². The summed E-state index contributed by atoms with van der Waals surface area (Å²) in [6.07, 6.45) is 0.680. The lowest BCUT2D eigenvalue weighted by atomic mass is 10.1. The molecule has 0 amide bonds. The fraction of sp³-hybridized carbons (Fsp3) is 0.235. The van der Waals surface area contributed by atoms with Crippen LogP contribution in [-0.4, -0.2) is 20.7 Å². The van der Waals surface area contributed by atoms with Gasteiger partial charge in [0.15, 0.2) is 5.78 Å². The molecule has 2 aromatic rings. The first-order chi connectivity index (χ1) is 10.9. The van der Waals surface area contributed by atoms with E-state index in [0.717, 1.165) is 4.31 Å². The minimum atomic E-state index is -4.06. The summed E-state index contributed by atoms with van der Waals surface area (Å²) in [4.78, 5) is 11.8. The number of hydrogen-bond acceptors (Lipinski definition) is 3. The Balaban J connectivity index is 2.16. The maximum atomic E-state index is 14.2. The molecule has 1 heterocycles. The van der Waals surface area contributed by atoms with Gasteiger partial charge in [0.05, 0.1) is 5.69 Å². The van der Waals surface area contributed by atoms with Crippen molar-refractivity contribution >= 4 is 21.5 Å². The lowest BCUT2D eigenvalue weighted by Crippen LogP contribution is -2.32. The number of aryl methyl sites for hydroxylation is 1. The molecule has 0 radical (unpaired) electrons. The van der Waals surface area contributed by atoms with Gasteiger partial charge in [0, 0.05) is 18.5 Å². The van der Waals surface area contributed by atoms with Gasteiger partial charge in [-0.2, -0.15) is 0 Å². The maximum absolute atomic E-state index is 14.2. The predicted molar refractivity (Wildman–Crippen MR) is 85.7 cm³/mol. The molecule has 1 aliphatic rings. The molecule has 0 aromatic heterocycles. The summed E-state index contributed by atoms with van der Waals surface area (Å²) in [5, 5.41) is 0. The quantitative estimate of drug-likeness (QED) is 0.847. The predicted octanol–water partition coefficient (Wildman–Crippen LogP) is 3.31. The highest BCUT2D eigenvalue weighted by Crippen LogP contribution is 2.32. The van der Waals surface area contributed by atoms with Crippen LogP contribution in [0.4, 0.5) is 10.1 Å². The number of ketones is 1. The Bertz CT molecular complexity index is 877. The second-order valence-corrected chi connectivity index (χ2v) is 7.39. The highest BCUT2D eigenvalue weighted by atomic mass is 32.2. The number of carbonyl (C=O) groups excluding carboxylic acids is 1. The lowest BCUT2D eigenvalue weighted by Gasteiger charge is -2.24. The summed E-state index contributed by atoms with van der Waals surface area (Å²) in [6, 6.07) is 10.6. The van der Waals surface area contributed by atoms with Gasteiger partial charge in [0.1, 0.15) is 10.7 Å². The molecule has 6 heteroatoms. The first kappa shape index (κ1) is 15.7. The van der Waals surface area contributed by atoms with Crippen LogP contribution in [0.3, 0.4) is 0 Å². The molecule has 0 saturated carbocycles. The molecule has 0 fully saturated rings. The van der Waals surface area contributed by atoms with Crippen LogP contribution in [0.5, 0.6) is 0 Å². The first-order valence-corrected chi connectivity index (χ1v) is 8.76. The molecule has 0 bridgehead atoms. The molecule has 4 nitrogen and oxygen atoms in total. The number of Topliss-reactive ketones (excluding diaryl/α,β-unsaturated/α-hetero) is 1. The molecule has 1 aliphatic heterocycles. The molecule has 0 atom stereocenters. The highest BCUT2D eigenvalue weighted by Gasteiger charge is 2.32. The minimum absolute atomic E-state index is 0.0947. The van der Waals surface area contributed by atoms with Crippen LogP contribution < -0.4 is 4.31 Å². The molecule has 3 rings (SSSR count). The zero-order valence-electron chi connectivity index (χ0n) is 12.6. The van der Waals surface area contributed by atoms with Crippen LogP contribution in [0.2, 0.25) is 0 Å². The molecule has 0 N–H and O–H groups in total. The second-order valence-electron chi connectivity index (χ2n) is 5.55. The van der Waals surface area contributed by atoms with Crippen molar-refractivity contribution in [3.05, 3.63) is 59.4 Å². The number of halogens is 1. The number of benzene rings is 2. The van der Waals surface area contributed by atoms with Gasteiger partial charge in [-0.1, -0.05) is 18.2 Å². The number of carbonyl (C=O) groups is 1. The molecule has 0 aliphatic carbocycles. The van der Waals surface area contributed by atoms with E-state index in [4.69, 9.17) is 0 Å². The van der Waals surface area contributed by atoms with E-state index in [1.165, 1.54) is 12.1 Å². The van der Waals surface area contributed by atoms with Crippen LogP contribution in [-0.2, 0) is 10.0 Å². The maximum Gasteiger partial charge on any atom is 0.267 e. The van der Waals surface area contributed by atoms with Gasteiger partial charge in [0.25, 0.3) is 10.0 Å². The third-order valence-electron chi connectivity index (χ3n) is 3.89. The van der Waals surface area contributed by atoms with E-state index in [-0.39, 0.29) is 23.6 Å². The van der Waals surface area contributed by atoms with E-state index in [1.807, 2.05) is 0 Å². The van der Waals surface area contributed by atoms with Crippen LogP contribution >= 0.6 is 0 Å². The van der Waals surface area contributed by atoms with Crippen LogP contribution in [0.1, 0.15) is 28.8 Å². The molecule has 120 valence electrons.